The van der Waals surface area contributed by atoms with E-state index in [1.165, 1.54) is 19.1 Å². The molecule has 192 valence electrons. The zero-order valence-corrected chi connectivity index (χ0v) is 21.7. The fourth-order valence-electron chi connectivity index (χ4n) is 3.78. The second-order valence-corrected chi connectivity index (χ2v) is 9.38. The van der Waals surface area contributed by atoms with Crippen molar-refractivity contribution in [2.24, 2.45) is 0 Å². The Bertz CT molecular complexity index is 1060. The van der Waals surface area contributed by atoms with Crippen LogP contribution in [-0.2, 0) is 16.0 Å². The van der Waals surface area contributed by atoms with E-state index in [-0.39, 0.29) is 12.5 Å². The molecule has 0 unspecified atom stereocenters. The van der Waals surface area contributed by atoms with Gasteiger partial charge in [0.25, 0.3) is 0 Å². The fourth-order valence-corrected chi connectivity index (χ4v) is 4.04. The highest BCUT2D eigenvalue weighted by Gasteiger charge is 2.40. The van der Waals surface area contributed by atoms with E-state index in [2.05, 4.69) is 9.64 Å². The molecule has 0 aliphatic heterocycles. The number of alkyl halides is 2. The van der Waals surface area contributed by atoms with Crippen molar-refractivity contribution >= 4 is 29.2 Å². The van der Waals surface area contributed by atoms with Crippen LogP contribution in [0.1, 0.15) is 29.5 Å². The lowest BCUT2D eigenvalue weighted by Crippen LogP contribution is -2.33. The van der Waals surface area contributed by atoms with Gasteiger partial charge in [0, 0.05) is 35.5 Å². The third-order valence-corrected chi connectivity index (χ3v) is 6.21. The summed E-state index contributed by atoms with van der Waals surface area (Å²) in [7, 11) is 2.02. The maximum absolute atomic E-state index is 13.9. The molecule has 4 nitrogen and oxygen atoms in total. The third kappa shape index (κ3) is 8.19. The quantitative estimate of drug-likeness (QED) is 0.237. The summed E-state index contributed by atoms with van der Waals surface area (Å²) >= 11 is 12.2. The highest BCUT2D eigenvalue weighted by molar-refractivity contribution is 6.30. The number of hydrogen-bond donors (Lipinski definition) is 0. The number of halogens is 4. The molecule has 0 amide bonds. The Morgan fingerprint density at radius 3 is 1.94 bits per heavy atom. The van der Waals surface area contributed by atoms with E-state index in [1.54, 1.807) is 12.1 Å². The molecular weight excluding hydrogens is 507 g/mol. The minimum atomic E-state index is -3.56. The number of carbonyl (C=O) groups excluding carboxylic acids is 1. The van der Waals surface area contributed by atoms with Crippen LogP contribution in [0.5, 0.6) is 5.75 Å². The molecule has 0 atom stereocenters. The van der Waals surface area contributed by atoms with Crippen molar-refractivity contribution in [3.63, 3.8) is 0 Å². The van der Waals surface area contributed by atoms with E-state index in [9.17, 15) is 13.6 Å². The zero-order valence-electron chi connectivity index (χ0n) is 20.2. The number of ether oxygens (including phenoxy) is 2. The first-order valence-electron chi connectivity index (χ1n) is 11.6. The molecule has 36 heavy (non-hydrogen) atoms. The molecule has 3 aromatic rings. The summed E-state index contributed by atoms with van der Waals surface area (Å²) in [5, 5.41) is 1.37. The van der Waals surface area contributed by atoms with Gasteiger partial charge in [-0.3, -0.25) is 0 Å². The summed E-state index contributed by atoms with van der Waals surface area (Å²) in [4.78, 5) is 13.6. The summed E-state index contributed by atoms with van der Waals surface area (Å²) in [6, 6.07) is 22.0. The lowest BCUT2D eigenvalue weighted by Gasteiger charge is -2.25. The van der Waals surface area contributed by atoms with E-state index in [4.69, 9.17) is 27.9 Å². The van der Waals surface area contributed by atoms with Gasteiger partial charge in [0.05, 0.1) is 6.61 Å². The molecule has 0 heterocycles. The minimum Gasteiger partial charge on any atom is -0.492 e. The van der Waals surface area contributed by atoms with Crippen LogP contribution in [0.2, 0.25) is 10.0 Å². The Labute approximate surface area is 220 Å². The highest BCUT2D eigenvalue weighted by Crippen LogP contribution is 2.28. The van der Waals surface area contributed by atoms with Gasteiger partial charge < -0.3 is 14.4 Å². The molecule has 0 spiro atoms. The minimum absolute atomic E-state index is 0.0875. The molecular formula is C28H29Cl2F2NO3. The van der Waals surface area contributed by atoms with Crippen LogP contribution in [-0.4, -0.2) is 50.1 Å². The molecule has 3 rings (SSSR count). The first kappa shape index (κ1) is 27.9. The number of benzene rings is 3. The Morgan fingerprint density at radius 2 is 1.44 bits per heavy atom. The van der Waals surface area contributed by atoms with Crippen LogP contribution in [0.3, 0.4) is 0 Å². The van der Waals surface area contributed by atoms with Crippen molar-refractivity contribution in [2.75, 3.05) is 33.4 Å². The molecule has 3 aromatic carbocycles. The molecule has 0 aliphatic carbocycles. The predicted octanol–water partition coefficient (Wildman–Crippen LogP) is 6.88. The van der Waals surface area contributed by atoms with Gasteiger partial charge in [-0.1, -0.05) is 59.6 Å². The molecule has 0 fully saturated rings. The van der Waals surface area contributed by atoms with Crippen molar-refractivity contribution in [3.05, 3.63) is 99.5 Å². The van der Waals surface area contributed by atoms with Crippen molar-refractivity contribution in [1.82, 2.24) is 4.90 Å². The van der Waals surface area contributed by atoms with Crippen molar-refractivity contribution < 1.29 is 23.0 Å². The number of hydrogen-bond acceptors (Lipinski definition) is 4. The molecule has 0 aliphatic rings. The van der Waals surface area contributed by atoms with Crippen LogP contribution in [0.25, 0.3) is 0 Å². The van der Waals surface area contributed by atoms with Crippen LogP contribution < -0.4 is 4.74 Å². The van der Waals surface area contributed by atoms with Crippen molar-refractivity contribution in [2.45, 2.75) is 25.2 Å². The van der Waals surface area contributed by atoms with Gasteiger partial charge in [0.15, 0.2) is 0 Å². The Balaban J connectivity index is 1.55. The highest BCUT2D eigenvalue weighted by atomic mass is 35.5. The van der Waals surface area contributed by atoms with Crippen LogP contribution >= 0.6 is 23.2 Å². The van der Waals surface area contributed by atoms with E-state index < -0.39 is 18.3 Å². The van der Waals surface area contributed by atoms with Gasteiger partial charge in [-0.25, -0.2) is 4.79 Å². The zero-order chi connectivity index (χ0) is 26.1. The summed E-state index contributed by atoms with van der Waals surface area (Å²) in [5.41, 5.74) is 2.61. The van der Waals surface area contributed by atoms with E-state index in [0.717, 1.165) is 17.7 Å². The fraction of sp³-hybridized carbons (Fsp3) is 0.321. The normalized spacial score (nSPS) is 11.7. The van der Waals surface area contributed by atoms with Gasteiger partial charge >= 0.3 is 11.9 Å². The average molecular weight is 536 g/mol. The van der Waals surface area contributed by atoms with Gasteiger partial charge in [-0.15, -0.1) is 0 Å². The number of carbonyl (C=O) groups is 1. The number of esters is 1. The molecule has 0 saturated heterocycles. The molecule has 0 N–H and O–H groups in total. The summed E-state index contributed by atoms with van der Waals surface area (Å²) in [6.45, 7) is 3.22. The largest absolute Gasteiger partial charge is 0.492 e. The second-order valence-electron chi connectivity index (χ2n) is 8.51. The molecule has 0 bridgehead atoms. The van der Waals surface area contributed by atoms with E-state index in [0.29, 0.717) is 34.5 Å². The number of nitrogens with zero attached hydrogens (tertiary/aromatic N) is 1. The van der Waals surface area contributed by atoms with Gasteiger partial charge in [0.2, 0.25) is 0 Å². The first-order chi connectivity index (χ1) is 17.2. The smallest absolute Gasteiger partial charge is 0.377 e. The predicted molar refractivity (Wildman–Crippen MR) is 139 cm³/mol. The van der Waals surface area contributed by atoms with Crippen LogP contribution in [0.4, 0.5) is 8.78 Å². The first-order valence-corrected chi connectivity index (χ1v) is 12.4. The molecule has 0 aromatic heterocycles. The Kier molecular flexibility index (Phi) is 10.1. The molecule has 0 radical (unpaired) electrons. The van der Waals surface area contributed by atoms with Crippen molar-refractivity contribution in [3.8, 4) is 5.75 Å². The maximum Gasteiger partial charge on any atom is 0.377 e. The van der Waals surface area contributed by atoms with Crippen LogP contribution in [0.15, 0.2) is 72.8 Å². The van der Waals surface area contributed by atoms with Crippen LogP contribution in [0, 0.1) is 0 Å². The number of rotatable bonds is 12. The van der Waals surface area contributed by atoms with Gasteiger partial charge in [-0.05, 0) is 67.1 Å². The van der Waals surface area contributed by atoms with Crippen molar-refractivity contribution in [1.29, 1.82) is 0 Å². The summed E-state index contributed by atoms with van der Waals surface area (Å²) in [5.74, 6) is -4.39. The third-order valence-electron chi connectivity index (χ3n) is 5.70. The Hall–Kier alpha value is -2.67. The SMILES string of the molecule is CCOC(=O)C(F)(F)Cc1ccc(OCCN(C)CC(c2ccc(Cl)cc2)c2ccc(Cl)cc2)cc1. The lowest BCUT2D eigenvalue weighted by atomic mass is 9.91. The topological polar surface area (TPSA) is 38.8 Å². The monoisotopic (exact) mass is 535 g/mol. The molecule has 0 saturated carbocycles. The summed E-state index contributed by atoms with van der Waals surface area (Å²) in [6.07, 6.45) is -0.717. The van der Waals surface area contributed by atoms with Gasteiger partial charge in [0.1, 0.15) is 12.4 Å². The Morgan fingerprint density at radius 1 is 0.917 bits per heavy atom. The lowest BCUT2D eigenvalue weighted by molar-refractivity contribution is -0.171. The summed E-state index contributed by atoms with van der Waals surface area (Å²) < 4.78 is 38.2. The van der Waals surface area contributed by atoms with E-state index in [1.807, 2.05) is 55.6 Å². The standard InChI is InChI=1S/C28H29Cl2F2NO3/c1-3-35-27(34)28(31,32)18-20-4-14-25(15-5-20)36-17-16-33(2)19-26(21-6-10-23(29)11-7-21)22-8-12-24(30)13-9-22/h4-15,26H,3,16-19H2,1-2H3. The van der Waals surface area contributed by atoms with E-state index >= 15 is 0 Å². The van der Waals surface area contributed by atoms with Gasteiger partial charge in [-0.2, -0.15) is 8.78 Å². The molecule has 8 heteroatoms. The maximum atomic E-state index is 13.9. The average Bonchev–Trinajstić information content (AvgIpc) is 2.85. The second kappa shape index (κ2) is 13.0. The number of likely N-dealkylation sites (N-methyl/N-ethyl adjacent to an activating group) is 1.